The quantitative estimate of drug-likeness (QED) is 0.542. The molecule has 3 aromatic rings. The Bertz CT molecular complexity index is 889. The van der Waals surface area contributed by atoms with Crippen molar-refractivity contribution in [3.05, 3.63) is 75.9 Å². The number of nitrogens with one attached hydrogen (secondary N) is 2. The van der Waals surface area contributed by atoms with Crippen LogP contribution >= 0.6 is 35.4 Å². The van der Waals surface area contributed by atoms with Crippen LogP contribution in [0.5, 0.6) is 0 Å². The van der Waals surface area contributed by atoms with Gasteiger partial charge in [0.15, 0.2) is 10.9 Å². The number of aryl methyl sites for hydroxylation is 1. The number of halogens is 2. The molecule has 0 radical (unpaired) electrons. The second-order valence-electron chi connectivity index (χ2n) is 5.78. The van der Waals surface area contributed by atoms with Gasteiger partial charge in [0, 0.05) is 16.9 Å². The van der Waals surface area contributed by atoms with Crippen LogP contribution < -0.4 is 10.6 Å². The Morgan fingerprint density at radius 2 is 1.65 bits per heavy atom. The largest absolute Gasteiger partial charge is 0.332 e. The first-order chi connectivity index (χ1) is 12.5. The van der Waals surface area contributed by atoms with Crippen molar-refractivity contribution < 1.29 is 0 Å². The number of anilines is 2. The molecule has 1 heterocycles. The van der Waals surface area contributed by atoms with E-state index < -0.39 is 0 Å². The monoisotopic (exact) mass is 404 g/mol. The zero-order valence-electron chi connectivity index (χ0n) is 14.2. The highest BCUT2D eigenvalue weighted by Crippen LogP contribution is 2.21. The van der Waals surface area contributed by atoms with Crippen molar-refractivity contribution >= 4 is 52.0 Å². The molecule has 0 saturated carbocycles. The lowest BCUT2D eigenvalue weighted by molar-refractivity contribution is 0.690. The van der Waals surface area contributed by atoms with E-state index in [1.807, 2.05) is 36.4 Å². The summed E-state index contributed by atoms with van der Waals surface area (Å²) in [6.07, 6.45) is 2.76. The van der Waals surface area contributed by atoms with Crippen molar-refractivity contribution in [2.75, 3.05) is 10.6 Å². The van der Waals surface area contributed by atoms with E-state index in [1.54, 1.807) is 10.9 Å². The molecule has 2 N–H and O–H groups in total. The zero-order chi connectivity index (χ0) is 18.5. The second kappa shape index (κ2) is 8.54. The summed E-state index contributed by atoms with van der Waals surface area (Å²) < 4.78 is 1.76. The molecule has 0 fully saturated rings. The molecular formula is C19H18Cl2N4S. The van der Waals surface area contributed by atoms with Gasteiger partial charge in [-0.1, -0.05) is 54.4 Å². The lowest BCUT2D eigenvalue weighted by Crippen LogP contribution is -2.19. The summed E-state index contributed by atoms with van der Waals surface area (Å²) in [6, 6.07) is 15.7. The molecule has 7 heteroatoms. The van der Waals surface area contributed by atoms with Gasteiger partial charge in [-0.15, -0.1) is 0 Å². The molecule has 0 aliphatic rings. The maximum Gasteiger partial charge on any atom is 0.176 e. The van der Waals surface area contributed by atoms with E-state index in [-0.39, 0.29) is 0 Å². The first kappa shape index (κ1) is 18.7. The summed E-state index contributed by atoms with van der Waals surface area (Å²) in [4.78, 5) is 0. The maximum absolute atomic E-state index is 6.27. The highest BCUT2D eigenvalue weighted by atomic mass is 35.5. The van der Waals surface area contributed by atoms with Crippen LogP contribution in [0.15, 0.2) is 54.7 Å². The van der Waals surface area contributed by atoms with E-state index in [4.69, 9.17) is 35.4 Å². The summed E-state index contributed by atoms with van der Waals surface area (Å²) in [5, 5.41) is 12.3. The van der Waals surface area contributed by atoms with Crippen molar-refractivity contribution in [3.63, 3.8) is 0 Å². The fourth-order valence-electron chi connectivity index (χ4n) is 2.43. The second-order valence-corrected chi connectivity index (χ2v) is 7.03. The molecule has 0 spiro atoms. The van der Waals surface area contributed by atoms with Gasteiger partial charge in [0.1, 0.15) is 5.02 Å². The van der Waals surface area contributed by atoms with Gasteiger partial charge in [-0.05, 0) is 54.0 Å². The summed E-state index contributed by atoms with van der Waals surface area (Å²) >= 11 is 17.5. The van der Waals surface area contributed by atoms with Gasteiger partial charge in [0.05, 0.1) is 6.54 Å². The molecule has 0 aliphatic heterocycles. The standard InChI is InChI=1S/C19H18Cl2N4S/c1-2-13-5-9-16(10-6-13)22-19(26)23-18-17(21)12-25(24-18)11-14-3-7-15(20)8-4-14/h3-10,12H,2,11H2,1H3,(H2,22,23,24,26). The molecule has 1 aromatic heterocycles. The summed E-state index contributed by atoms with van der Waals surface area (Å²) in [5.74, 6) is 0.517. The van der Waals surface area contributed by atoms with Gasteiger partial charge in [-0.3, -0.25) is 4.68 Å². The van der Waals surface area contributed by atoms with Crippen LogP contribution in [0, 0.1) is 0 Å². The van der Waals surface area contributed by atoms with Crippen LogP contribution in [0.25, 0.3) is 0 Å². The van der Waals surface area contributed by atoms with Crippen molar-refractivity contribution in [1.82, 2.24) is 9.78 Å². The number of hydrogen-bond acceptors (Lipinski definition) is 2. The topological polar surface area (TPSA) is 41.9 Å². The molecule has 134 valence electrons. The first-order valence-electron chi connectivity index (χ1n) is 8.18. The van der Waals surface area contributed by atoms with Crippen molar-refractivity contribution in [1.29, 1.82) is 0 Å². The van der Waals surface area contributed by atoms with Crippen LogP contribution in [0.3, 0.4) is 0 Å². The van der Waals surface area contributed by atoms with E-state index in [1.165, 1.54) is 5.56 Å². The van der Waals surface area contributed by atoms with Gasteiger partial charge in [-0.2, -0.15) is 5.10 Å². The van der Waals surface area contributed by atoms with Crippen LogP contribution in [-0.4, -0.2) is 14.9 Å². The Kier molecular flexibility index (Phi) is 6.14. The molecule has 3 rings (SSSR count). The average Bonchev–Trinajstić information content (AvgIpc) is 2.96. The van der Waals surface area contributed by atoms with E-state index in [0.717, 1.165) is 17.7 Å². The number of nitrogens with zero attached hydrogens (tertiary/aromatic N) is 2. The van der Waals surface area contributed by atoms with E-state index >= 15 is 0 Å². The van der Waals surface area contributed by atoms with Crippen molar-refractivity contribution in [2.24, 2.45) is 0 Å². The summed E-state index contributed by atoms with van der Waals surface area (Å²) in [7, 11) is 0. The summed E-state index contributed by atoms with van der Waals surface area (Å²) in [6.45, 7) is 2.72. The molecule has 0 bridgehead atoms. The Labute approximate surface area is 168 Å². The molecular weight excluding hydrogens is 387 g/mol. The fourth-order valence-corrected chi connectivity index (χ4v) is 2.97. The zero-order valence-corrected chi connectivity index (χ0v) is 16.5. The molecule has 0 saturated heterocycles. The third-order valence-electron chi connectivity index (χ3n) is 3.83. The fraction of sp³-hybridized carbons (Fsp3) is 0.158. The molecule has 4 nitrogen and oxygen atoms in total. The van der Waals surface area contributed by atoms with Gasteiger partial charge in [-0.25, -0.2) is 0 Å². The third-order valence-corrected chi connectivity index (χ3v) is 4.56. The molecule has 0 atom stereocenters. The number of aromatic nitrogens is 2. The van der Waals surface area contributed by atoms with Crippen molar-refractivity contribution in [2.45, 2.75) is 19.9 Å². The minimum Gasteiger partial charge on any atom is -0.332 e. The van der Waals surface area contributed by atoms with Gasteiger partial charge < -0.3 is 10.6 Å². The van der Waals surface area contributed by atoms with Crippen molar-refractivity contribution in [3.8, 4) is 0 Å². The Hall–Kier alpha value is -2.08. The number of rotatable bonds is 5. The van der Waals surface area contributed by atoms with E-state index in [0.29, 0.717) is 27.5 Å². The number of hydrogen-bond donors (Lipinski definition) is 2. The normalized spacial score (nSPS) is 10.6. The van der Waals surface area contributed by atoms with Gasteiger partial charge in [0.2, 0.25) is 0 Å². The Morgan fingerprint density at radius 1 is 1.00 bits per heavy atom. The predicted molar refractivity (Wildman–Crippen MR) is 113 cm³/mol. The highest BCUT2D eigenvalue weighted by molar-refractivity contribution is 7.80. The molecule has 0 amide bonds. The maximum atomic E-state index is 6.27. The Balaban J connectivity index is 1.62. The molecule has 26 heavy (non-hydrogen) atoms. The Morgan fingerprint density at radius 3 is 2.31 bits per heavy atom. The van der Waals surface area contributed by atoms with Gasteiger partial charge in [0.25, 0.3) is 0 Å². The SMILES string of the molecule is CCc1ccc(NC(=S)Nc2nn(Cc3ccc(Cl)cc3)cc2Cl)cc1. The molecule has 0 unspecified atom stereocenters. The number of thiocarbonyl (C=S) groups is 1. The molecule has 0 aliphatic carbocycles. The average molecular weight is 405 g/mol. The smallest absolute Gasteiger partial charge is 0.176 e. The number of benzene rings is 2. The summed E-state index contributed by atoms with van der Waals surface area (Å²) in [5.41, 5.74) is 3.27. The van der Waals surface area contributed by atoms with E-state index in [2.05, 4.69) is 34.8 Å². The van der Waals surface area contributed by atoms with E-state index in [9.17, 15) is 0 Å². The van der Waals surface area contributed by atoms with Crippen LogP contribution in [0.4, 0.5) is 11.5 Å². The van der Waals surface area contributed by atoms with Crippen LogP contribution in [0.1, 0.15) is 18.1 Å². The third kappa shape index (κ3) is 4.97. The minimum absolute atomic E-state index is 0.438. The van der Waals surface area contributed by atoms with Crippen LogP contribution in [-0.2, 0) is 13.0 Å². The lowest BCUT2D eigenvalue weighted by Gasteiger charge is -2.09. The minimum atomic E-state index is 0.438. The predicted octanol–water partition coefficient (Wildman–Crippen LogP) is 5.61. The lowest BCUT2D eigenvalue weighted by atomic mass is 10.1. The van der Waals surface area contributed by atoms with Gasteiger partial charge >= 0.3 is 0 Å². The highest BCUT2D eigenvalue weighted by Gasteiger charge is 2.09. The molecule has 2 aromatic carbocycles. The van der Waals surface area contributed by atoms with Crippen LogP contribution in [0.2, 0.25) is 10.0 Å². The first-order valence-corrected chi connectivity index (χ1v) is 9.34.